The molecule has 0 radical (unpaired) electrons. The molecule has 4 rings (SSSR count). The maximum absolute atomic E-state index is 16.7. The van der Waals surface area contributed by atoms with E-state index in [1.165, 1.54) is 61.4 Å². The number of halogens is 1. The molecule has 2 aromatic rings. The lowest BCUT2D eigenvalue weighted by molar-refractivity contribution is 0.233. The van der Waals surface area contributed by atoms with Gasteiger partial charge < -0.3 is 0 Å². The Labute approximate surface area is 202 Å². The summed E-state index contributed by atoms with van der Waals surface area (Å²) in [6.45, 7) is 4.50. The molecule has 2 aliphatic rings. The first kappa shape index (κ1) is 24.2. The second-order valence-electron chi connectivity index (χ2n) is 10.3. The largest absolute Gasteiger partial charge is 0.234 e. The van der Waals surface area contributed by atoms with Gasteiger partial charge in [-0.15, -0.1) is 0 Å². The Hall–Kier alpha value is -1.93. The van der Waals surface area contributed by atoms with Crippen LogP contribution in [0.25, 0.3) is 11.1 Å². The van der Waals surface area contributed by atoms with E-state index in [2.05, 4.69) is 56.3 Å². The molecule has 0 N–H and O–H groups in total. The van der Waals surface area contributed by atoms with Gasteiger partial charge in [0.15, 0.2) is 5.67 Å². The highest BCUT2D eigenvalue weighted by Gasteiger charge is 2.35. The Balaban J connectivity index is 1.54. The zero-order valence-corrected chi connectivity index (χ0v) is 21.8. The predicted molar refractivity (Wildman–Crippen MR) is 144 cm³/mol. The van der Waals surface area contributed by atoms with Crippen molar-refractivity contribution in [2.75, 3.05) is 0 Å². The van der Waals surface area contributed by atoms with Crippen molar-refractivity contribution in [3.8, 4) is 11.1 Å². The van der Waals surface area contributed by atoms with Crippen LogP contribution in [0.15, 0.2) is 72.3 Å². The van der Waals surface area contributed by atoms with E-state index in [0.29, 0.717) is 12.3 Å². The summed E-state index contributed by atoms with van der Waals surface area (Å²) in [4.78, 5) is 0. The molecule has 1 fully saturated rings. The molecule has 33 heavy (non-hydrogen) atoms. The first-order valence-electron chi connectivity index (χ1n) is 13.4. The van der Waals surface area contributed by atoms with Gasteiger partial charge in [-0.05, 0) is 53.5 Å². The number of allylic oxidation sites excluding steroid dienone is 4. The Morgan fingerprint density at radius 3 is 2.58 bits per heavy atom. The second kappa shape index (κ2) is 11.5. The van der Waals surface area contributed by atoms with Gasteiger partial charge in [-0.1, -0.05) is 118 Å². The Bertz CT molecular complexity index is 966. The normalized spacial score (nSPS) is 25.1. The number of aryl methyl sites for hydroxylation is 1. The first-order chi connectivity index (χ1) is 16.1. The molecule has 1 aliphatic carbocycles. The summed E-state index contributed by atoms with van der Waals surface area (Å²) in [7, 11) is -0.548. The molecule has 1 aliphatic heterocycles. The van der Waals surface area contributed by atoms with E-state index < -0.39 is 14.5 Å². The van der Waals surface area contributed by atoms with Crippen LogP contribution in [-0.4, -0.2) is 8.80 Å². The van der Waals surface area contributed by atoms with Crippen molar-refractivity contribution in [2.45, 2.75) is 89.0 Å². The molecule has 2 heteroatoms. The third-order valence-corrected chi connectivity index (χ3v) is 11.3. The van der Waals surface area contributed by atoms with Gasteiger partial charge in [-0.25, -0.2) is 4.39 Å². The molecule has 1 atom stereocenters. The van der Waals surface area contributed by atoms with Crippen LogP contribution in [0.5, 0.6) is 0 Å². The van der Waals surface area contributed by atoms with Crippen LogP contribution in [-0.2, 0) is 12.1 Å². The van der Waals surface area contributed by atoms with Crippen LogP contribution in [0.1, 0.15) is 69.9 Å². The predicted octanol–water partition coefficient (Wildman–Crippen LogP) is 9.18. The Kier molecular flexibility index (Phi) is 8.41. The number of alkyl halides is 1. The molecule has 0 nitrogen and oxygen atoms in total. The molecule has 0 amide bonds. The highest BCUT2D eigenvalue weighted by molar-refractivity contribution is 6.59. The zero-order chi connectivity index (χ0) is 23.1. The summed E-state index contributed by atoms with van der Waals surface area (Å²) in [6.07, 6.45) is 15.6. The van der Waals surface area contributed by atoms with Crippen LogP contribution < -0.4 is 0 Å². The average molecular weight is 461 g/mol. The standard InChI is InChI=1S/C31H41FSi/c1-3-5-8-20-33-21-17-26(18-22-33)28-14-10-19-31(32,24-28)30-16-7-6-15-29(30)27-13-9-12-25(23-27)11-4-2/h6-7,9-10,12-16,23-24,26,33H,3-5,8,11,17-22H2,1-2H3/t26-,31?,33-. The van der Waals surface area contributed by atoms with Crippen LogP contribution in [0, 0.1) is 5.92 Å². The highest BCUT2D eigenvalue weighted by Crippen LogP contribution is 2.44. The topological polar surface area (TPSA) is 0 Å². The molecule has 0 bridgehead atoms. The molecule has 1 heterocycles. The van der Waals surface area contributed by atoms with Crippen molar-refractivity contribution in [1.82, 2.24) is 0 Å². The maximum atomic E-state index is 16.7. The molecular weight excluding hydrogens is 419 g/mol. The molecule has 176 valence electrons. The lowest BCUT2D eigenvalue weighted by Gasteiger charge is -2.33. The number of unbranched alkanes of at least 4 members (excludes halogenated alkanes) is 2. The Morgan fingerprint density at radius 2 is 1.79 bits per heavy atom. The third-order valence-electron chi connectivity index (χ3n) is 7.81. The summed E-state index contributed by atoms with van der Waals surface area (Å²) in [5, 5.41) is 0. The van der Waals surface area contributed by atoms with E-state index in [9.17, 15) is 0 Å². The van der Waals surface area contributed by atoms with Gasteiger partial charge in [-0.2, -0.15) is 0 Å². The van der Waals surface area contributed by atoms with Gasteiger partial charge in [0.1, 0.15) is 0 Å². The van der Waals surface area contributed by atoms with Gasteiger partial charge in [0.05, 0.1) is 0 Å². The smallest absolute Gasteiger partial charge is 0.158 e. The fourth-order valence-electron chi connectivity index (χ4n) is 5.93. The van der Waals surface area contributed by atoms with Crippen molar-refractivity contribution >= 4 is 8.80 Å². The molecule has 2 aromatic carbocycles. The lowest BCUT2D eigenvalue weighted by atomic mass is 9.79. The minimum absolute atomic E-state index is 0.434. The zero-order valence-electron chi connectivity index (χ0n) is 20.7. The van der Waals surface area contributed by atoms with Crippen molar-refractivity contribution < 1.29 is 4.39 Å². The maximum Gasteiger partial charge on any atom is 0.158 e. The van der Waals surface area contributed by atoms with E-state index in [-0.39, 0.29) is 0 Å². The molecule has 0 spiro atoms. The molecular formula is C31H41FSi. The van der Waals surface area contributed by atoms with Crippen molar-refractivity contribution in [3.05, 3.63) is 83.5 Å². The van der Waals surface area contributed by atoms with Crippen LogP contribution >= 0.6 is 0 Å². The molecule has 1 unspecified atom stereocenters. The van der Waals surface area contributed by atoms with E-state index in [1.54, 1.807) is 0 Å². The van der Waals surface area contributed by atoms with Crippen LogP contribution in [0.3, 0.4) is 0 Å². The number of hydrogen-bond donors (Lipinski definition) is 0. The highest BCUT2D eigenvalue weighted by atomic mass is 28.3. The summed E-state index contributed by atoms with van der Waals surface area (Å²) in [5.41, 5.74) is 4.16. The van der Waals surface area contributed by atoms with E-state index in [0.717, 1.165) is 29.5 Å². The van der Waals surface area contributed by atoms with Gasteiger partial charge in [0.25, 0.3) is 0 Å². The number of benzene rings is 2. The van der Waals surface area contributed by atoms with E-state index in [1.807, 2.05) is 24.3 Å². The van der Waals surface area contributed by atoms with E-state index in [4.69, 9.17) is 0 Å². The molecule has 0 saturated carbocycles. The average Bonchev–Trinajstić information content (AvgIpc) is 2.85. The lowest BCUT2D eigenvalue weighted by Crippen LogP contribution is -2.25. The van der Waals surface area contributed by atoms with Gasteiger partial charge in [0, 0.05) is 20.8 Å². The van der Waals surface area contributed by atoms with Crippen LogP contribution in [0.4, 0.5) is 4.39 Å². The number of rotatable bonds is 9. The summed E-state index contributed by atoms with van der Waals surface area (Å²) in [6, 6.07) is 21.2. The van der Waals surface area contributed by atoms with Gasteiger partial charge >= 0.3 is 0 Å². The van der Waals surface area contributed by atoms with Crippen molar-refractivity contribution in [3.63, 3.8) is 0 Å². The molecule has 0 aromatic heterocycles. The number of hydrogen-bond acceptors (Lipinski definition) is 0. The minimum Gasteiger partial charge on any atom is -0.234 e. The summed E-state index contributed by atoms with van der Waals surface area (Å²) >= 11 is 0. The monoisotopic (exact) mass is 460 g/mol. The van der Waals surface area contributed by atoms with Gasteiger partial charge in [0.2, 0.25) is 0 Å². The Morgan fingerprint density at radius 1 is 0.970 bits per heavy atom. The molecule has 1 saturated heterocycles. The first-order valence-corrected chi connectivity index (χ1v) is 15.8. The minimum atomic E-state index is -1.42. The summed E-state index contributed by atoms with van der Waals surface area (Å²) < 4.78 is 16.7. The van der Waals surface area contributed by atoms with Crippen LogP contribution in [0.2, 0.25) is 18.1 Å². The van der Waals surface area contributed by atoms with Crippen molar-refractivity contribution in [1.29, 1.82) is 0 Å². The van der Waals surface area contributed by atoms with E-state index >= 15 is 4.39 Å². The fraction of sp³-hybridized carbons (Fsp3) is 0.484. The summed E-state index contributed by atoms with van der Waals surface area (Å²) in [5.74, 6) is 0.548. The fourth-order valence-corrected chi connectivity index (χ4v) is 9.41. The van der Waals surface area contributed by atoms with Gasteiger partial charge in [-0.3, -0.25) is 0 Å². The van der Waals surface area contributed by atoms with Crippen molar-refractivity contribution in [2.24, 2.45) is 5.92 Å². The SMILES string of the molecule is CCCCC[Si@H]1CC[C@H](C2=CC(F)(c3ccccc3-c3cccc(CCC)c3)CC=C2)CC1. The third kappa shape index (κ3) is 5.95. The quantitative estimate of drug-likeness (QED) is 0.258. The second-order valence-corrected chi connectivity index (χ2v) is 13.8.